The van der Waals surface area contributed by atoms with Gasteiger partial charge in [-0.25, -0.2) is 0 Å². The summed E-state index contributed by atoms with van der Waals surface area (Å²) in [6.07, 6.45) is 2.76. The van der Waals surface area contributed by atoms with Crippen LogP contribution in [-0.2, 0) is 6.42 Å². The Kier molecular flexibility index (Phi) is 4.00. The van der Waals surface area contributed by atoms with E-state index in [0.29, 0.717) is 0 Å². The van der Waals surface area contributed by atoms with Crippen molar-refractivity contribution in [1.82, 2.24) is 0 Å². The van der Waals surface area contributed by atoms with Crippen molar-refractivity contribution in [3.8, 4) is 11.8 Å². The molecule has 0 aliphatic carbocycles. The molecule has 0 aliphatic rings. The van der Waals surface area contributed by atoms with Crippen molar-refractivity contribution in [2.24, 2.45) is 5.92 Å². The number of nitrogens with zero attached hydrogens (tertiary/aromatic N) is 1. The number of benzene rings is 1. The Bertz CT molecular complexity index is 310. The molecule has 1 aromatic carbocycles. The van der Waals surface area contributed by atoms with Crippen LogP contribution in [0.25, 0.3) is 0 Å². The van der Waals surface area contributed by atoms with Gasteiger partial charge in [0, 0.05) is 0 Å². The van der Waals surface area contributed by atoms with Gasteiger partial charge in [0.2, 0.25) is 0 Å². The first-order valence-electron chi connectivity index (χ1n) is 4.93. The van der Waals surface area contributed by atoms with Crippen LogP contribution in [0.2, 0.25) is 0 Å². The highest BCUT2D eigenvalue weighted by Gasteiger charge is 2.06. The quantitative estimate of drug-likeness (QED) is 0.791. The van der Waals surface area contributed by atoms with Gasteiger partial charge in [-0.15, -0.1) is 0 Å². The largest absolute Gasteiger partial charge is 0.508 e. The zero-order valence-corrected chi connectivity index (χ0v) is 8.40. The smallest absolute Gasteiger partial charge is 0.115 e. The fourth-order valence-corrected chi connectivity index (χ4v) is 1.48. The third-order valence-corrected chi connectivity index (χ3v) is 2.24. The molecule has 1 atom stereocenters. The van der Waals surface area contributed by atoms with E-state index in [0.717, 1.165) is 24.8 Å². The zero-order valence-electron chi connectivity index (χ0n) is 8.40. The molecule has 0 aliphatic heterocycles. The molecule has 2 nitrogen and oxygen atoms in total. The minimum absolute atomic E-state index is 0.101. The van der Waals surface area contributed by atoms with E-state index in [1.54, 1.807) is 12.1 Å². The number of hydrogen-bond donors (Lipinski definition) is 1. The molecule has 0 radical (unpaired) electrons. The van der Waals surface area contributed by atoms with E-state index in [9.17, 15) is 0 Å². The lowest BCUT2D eigenvalue weighted by Gasteiger charge is -2.07. The van der Waals surface area contributed by atoms with Crippen LogP contribution in [0, 0.1) is 17.2 Å². The lowest BCUT2D eigenvalue weighted by atomic mass is 9.96. The summed E-state index contributed by atoms with van der Waals surface area (Å²) in [5, 5.41) is 18.0. The second-order valence-electron chi connectivity index (χ2n) is 3.49. The minimum atomic E-state index is 0.101. The molecule has 14 heavy (non-hydrogen) atoms. The lowest BCUT2D eigenvalue weighted by Crippen LogP contribution is -2.00. The van der Waals surface area contributed by atoms with Gasteiger partial charge >= 0.3 is 0 Å². The van der Waals surface area contributed by atoms with Crippen LogP contribution in [0.15, 0.2) is 24.3 Å². The summed E-state index contributed by atoms with van der Waals surface area (Å²) >= 11 is 0. The van der Waals surface area contributed by atoms with E-state index in [-0.39, 0.29) is 11.7 Å². The van der Waals surface area contributed by atoms with Gasteiger partial charge in [0.05, 0.1) is 12.0 Å². The Hall–Kier alpha value is -1.49. The predicted octanol–water partition coefficient (Wildman–Crippen LogP) is 2.87. The van der Waals surface area contributed by atoms with Gasteiger partial charge in [0.15, 0.2) is 0 Å². The van der Waals surface area contributed by atoms with Crippen LogP contribution in [0.3, 0.4) is 0 Å². The highest BCUT2D eigenvalue weighted by Crippen LogP contribution is 2.16. The molecule has 0 spiro atoms. The molecule has 0 saturated heterocycles. The molecule has 0 heterocycles. The highest BCUT2D eigenvalue weighted by atomic mass is 16.3. The molecule has 0 aromatic heterocycles. The summed E-state index contributed by atoms with van der Waals surface area (Å²) in [7, 11) is 0. The van der Waals surface area contributed by atoms with Crippen LogP contribution >= 0.6 is 0 Å². The Morgan fingerprint density at radius 2 is 2.00 bits per heavy atom. The number of hydrogen-bond acceptors (Lipinski definition) is 2. The Labute approximate surface area is 84.8 Å². The SMILES string of the molecule is CCCC(C#N)Cc1ccc(O)cc1. The predicted molar refractivity (Wildman–Crippen MR) is 55.8 cm³/mol. The van der Waals surface area contributed by atoms with Crippen molar-refractivity contribution < 1.29 is 5.11 Å². The number of nitriles is 1. The van der Waals surface area contributed by atoms with Crippen molar-refractivity contribution in [2.75, 3.05) is 0 Å². The fourth-order valence-electron chi connectivity index (χ4n) is 1.48. The Morgan fingerprint density at radius 1 is 1.36 bits per heavy atom. The second-order valence-corrected chi connectivity index (χ2v) is 3.49. The molecule has 0 fully saturated rings. The van der Waals surface area contributed by atoms with Crippen LogP contribution in [0.4, 0.5) is 0 Å². The second kappa shape index (κ2) is 5.29. The molecule has 2 heteroatoms. The Morgan fingerprint density at radius 3 is 2.50 bits per heavy atom. The Balaban J connectivity index is 2.59. The first-order valence-corrected chi connectivity index (χ1v) is 4.93. The normalized spacial score (nSPS) is 12.0. The fraction of sp³-hybridized carbons (Fsp3) is 0.417. The monoisotopic (exact) mass is 189 g/mol. The van der Waals surface area contributed by atoms with E-state index >= 15 is 0 Å². The molecule has 0 amide bonds. The first kappa shape index (κ1) is 10.6. The van der Waals surface area contributed by atoms with Crippen LogP contribution in [0.5, 0.6) is 5.75 Å². The third kappa shape index (κ3) is 3.10. The molecule has 1 aromatic rings. The van der Waals surface area contributed by atoms with Gasteiger partial charge in [-0.05, 0) is 30.5 Å². The van der Waals surface area contributed by atoms with E-state index in [2.05, 4.69) is 13.0 Å². The van der Waals surface area contributed by atoms with E-state index in [1.807, 2.05) is 12.1 Å². The summed E-state index contributed by atoms with van der Waals surface area (Å²) in [6.45, 7) is 2.08. The molecule has 0 saturated carbocycles. The molecule has 1 rings (SSSR count). The summed E-state index contributed by atoms with van der Waals surface area (Å²) in [5.41, 5.74) is 1.11. The molecule has 1 unspecified atom stereocenters. The van der Waals surface area contributed by atoms with Crippen molar-refractivity contribution in [2.45, 2.75) is 26.2 Å². The molecule has 0 bridgehead atoms. The number of phenols is 1. The summed E-state index contributed by atoms with van der Waals surface area (Å²) in [4.78, 5) is 0. The van der Waals surface area contributed by atoms with E-state index in [1.165, 1.54) is 0 Å². The number of phenolic OH excluding ortho intramolecular Hbond substituents is 1. The van der Waals surface area contributed by atoms with Crippen LogP contribution in [-0.4, -0.2) is 5.11 Å². The van der Waals surface area contributed by atoms with Crippen molar-refractivity contribution >= 4 is 0 Å². The minimum Gasteiger partial charge on any atom is -0.508 e. The van der Waals surface area contributed by atoms with Crippen LogP contribution < -0.4 is 0 Å². The maximum absolute atomic E-state index is 9.09. The van der Waals surface area contributed by atoms with E-state index < -0.39 is 0 Å². The zero-order chi connectivity index (χ0) is 10.4. The van der Waals surface area contributed by atoms with Crippen LogP contribution in [0.1, 0.15) is 25.3 Å². The number of aromatic hydroxyl groups is 1. The standard InChI is InChI=1S/C12H15NO/c1-2-3-11(9-13)8-10-4-6-12(14)7-5-10/h4-7,11,14H,2-3,8H2,1H3. The van der Waals surface area contributed by atoms with Gasteiger partial charge in [0.25, 0.3) is 0 Å². The lowest BCUT2D eigenvalue weighted by molar-refractivity contribution is 0.475. The summed E-state index contributed by atoms with van der Waals surface area (Å²) in [6, 6.07) is 9.37. The average molecular weight is 189 g/mol. The molecule has 74 valence electrons. The van der Waals surface area contributed by atoms with Crippen molar-refractivity contribution in [3.63, 3.8) is 0 Å². The third-order valence-electron chi connectivity index (χ3n) is 2.24. The molecular weight excluding hydrogens is 174 g/mol. The number of rotatable bonds is 4. The first-order chi connectivity index (χ1) is 6.76. The summed E-state index contributed by atoms with van der Waals surface area (Å²) < 4.78 is 0. The van der Waals surface area contributed by atoms with Gasteiger partial charge < -0.3 is 5.11 Å². The maximum atomic E-state index is 9.09. The maximum Gasteiger partial charge on any atom is 0.115 e. The molecular formula is C12H15NO. The highest BCUT2D eigenvalue weighted by molar-refractivity contribution is 5.26. The van der Waals surface area contributed by atoms with E-state index in [4.69, 9.17) is 10.4 Å². The van der Waals surface area contributed by atoms with Crippen molar-refractivity contribution in [1.29, 1.82) is 5.26 Å². The topological polar surface area (TPSA) is 44.0 Å². The molecule has 1 N–H and O–H groups in total. The van der Waals surface area contributed by atoms with Gasteiger partial charge in [-0.1, -0.05) is 25.5 Å². The van der Waals surface area contributed by atoms with Crippen molar-refractivity contribution in [3.05, 3.63) is 29.8 Å². The van der Waals surface area contributed by atoms with Gasteiger partial charge in [0.1, 0.15) is 5.75 Å². The summed E-state index contributed by atoms with van der Waals surface area (Å²) in [5.74, 6) is 0.377. The van der Waals surface area contributed by atoms with Gasteiger partial charge in [-0.3, -0.25) is 0 Å². The van der Waals surface area contributed by atoms with Gasteiger partial charge in [-0.2, -0.15) is 5.26 Å². The average Bonchev–Trinajstić information content (AvgIpc) is 2.20.